The molecule has 34 heavy (non-hydrogen) atoms. The molecule has 0 spiro atoms. The van der Waals surface area contributed by atoms with Crippen LogP contribution in [0.15, 0.2) is 24.3 Å². The number of amides is 4. The van der Waals surface area contributed by atoms with E-state index in [4.69, 9.17) is 16.9 Å². The molecule has 0 aliphatic heterocycles. The molecule has 0 aromatic heterocycles. The van der Waals surface area contributed by atoms with Crippen LogP contribution in [0.1, 0.15) is 44.7 Å². The first-order chi connectivity index (χ1) is 15.9. The number of sulfonamides is 1. The molecule has 0 radical (unpaired) electrons. The minimum Gasteiger partial charge on any atom is -0.384 e. The highest BCUT2D eigenvalue weighted by Crippen LogP contribution is 2.10. The fourth-order valence-corrected chi connectivity index (χ4v) is 4.35. The molecular formula is C21H35N7O5S. The van der Waals surface area contributed by atoms with E-state index < -0.39 is 40.0 Å². The van der Waals surface area contributed by atoms with Gasteiger partial charge in [-0.05, 0) is 17.9 Å². The summed E-state index contributed by atoms with van der Waals surface area (Å²) < 4.78 is 26.9. The van der Waals surface area contributed by atoms with Crippen LogP contribution < -0.4 is 32.1 Å². The Labute approximate surface area is 200 Å². The molecule has 3 atom stereocenters. The summed E-state index contributed by atoms with van der Waals surface area (Å²) in [6, 6.07) is 3.48. The van der Waals surface area contributed by atoms with E-state index in [9.17, 15) is 22.8 Å². The Morgan fingerprint density at radius 2 is 1.65 bits per heavy atom. The van der Waals surface area contributed by atoms with E-state index in [0.29, 0.717) is 18.4 Å². The first-order valence-corrected chi connectivity index (χ1v) is 12.6. The summed E-state index contributed by atoms with van der Waals surface area (Å²) in [5.41, 5.74) is 11.8. The molecular weight excluding hydrogens is 462 g/mol. The van der Waals surface area contributed by atoms with Crippen molar-refractivity contribution in [1.29, 1.82) is 5.41 Å². The molecule has 9 N–H and O–H groups in total. The number of amidine groups is 1. The second kappa shape index (κ2) is 13.5. The molecule has 0 bridgehead atoms. The van der Waals surface area contributed by atoms with E-state index in [1.807, 2.05) is 6.92 Å². The van der Waals surface area contributed by atoms with Gasteiger partial charge in [-0.3, -0.25) is 15.0 Å². The van der Waals surface area contributed by atoms with E-state index >= 15 is 0 Å². The quantitative estimate of drug-likeness (QED) is 0.133. The van der Waals surface area contributed by atoms with Crippen LogP contribution in [-0.2, 0) is 26.2 Å². The Bertz CT molecular complexity index is 966. The number of hydrogen-bond acceptors (Lipinski definition) is 6. The van der Waals surface area contributed by atoms with Crippen LogP contribution in [0.25, 0.3) is 0 Å². The number of nitrogen functional groups attached to an aromatic ring is 1. The summed E-state index contributed by atoms with van der Waals surface area (Å²) in [5.74, 6) is -1.85. The largest absolute Gasteiger partial charge is 0.384 e. The van der Waals surface area contributed by atoms with E-state index in [2.05, 4.69) is 20.7 Å². The molecule has 0 saturated heterocycles. The third kappa shape index (κ3) is 9.75. The average Bonchev–Trinajstić information content (AvgIpc) is 2.77. The molecule has 12 nitrogen and oxygen atoms in total. The predicted octanol–water partition coefficient (Wildman–Crippen LogP) is -0.516. The molecule has 0 fully saturated rings. The van der Waals surface area contributed by atoms with Gasteiger partial charge in [0.15, 0.2) is 0 Å². The van der Waals surface area contributed by atoms with Crippen LogP contribution in [-0.4, -0.2) is 56.5 Å². The normalized spacial score (nSPS) is 13.9. The number of carbonyl (C=O) groups is 3. The molecule has 0 heterocycles. The maximum absolute atomic E-state index is 13.0. The molecule has 13 heteroatoms. The Hall–Kier alpha value is -3.19. The van der Waals surface area contributed by atoms with Crippen LogP contribution in [0.3, 0.4) is 0 Å². The number of hydrogen-bond donors (Lipinski definition) is 7. The minimum atomic E-state index is -3.69. The molecule has 1 aromatic carbocycles. The number of carbonyl (C=O) groups excluding carboxylic acids is 3. The van der Waals surface area contributed by atoms with Crippen molar-refractivity contribution in [2.45, 2.75) is 52.2 Å². The standard InChI is InChI=1S/C21H35N7O5S/c1-4-10-34(32,33)28-17(13(3)5-2)20(30)27-16(12-26-21(24)31)19(29)25-11-14-6-8-15(9-7-14)18(22)23/h6-9,13,16-17,28H,4-5,10-12H2,1-3H3,(H3,22,23)(H,25,29)(H,27,30)(H3,24,26,31)/t13?,16-,17+/m0/s1. The maximum Gasteiger partial charge on any atom is 0.312 e. The van der Waals surface area contributed by atoms with E-state index in [1.165, 1.54) is 0 Å². The second-order valence-corrected chi connectivity index (χ2v) is 9.81. The lowest BCUT2D eigenvalue weighted by Gasteiger charge is -2.26. The summed E-state index contributed by atoms with van der Waals surface area (Å²) >= 11 is 0. The van der Waals surface area contributed by atoms with Crippen molar-refractivity contribution in [2.75, 3.05) is 12.3 Å². The number of urea groups is 1. The Morgan fingerprint density at radius 3 is 2.15 bits per heavy atom. The molecule has 1 rings (SSSR count). The van der Waals surface area contributed by atoms with Gasteiger partial charge in [0.1, 0.15) is 17.9 Å². The lowest BCUT2D eigenvalue weighted by Crippen LogP contribution is -2.58. The van der Waals surface area contributed by atoms with Crippen LogP contribution in [0.5, 0.6) is 0 Å². The molecule has 1 aromatic rings. The van der Waals surface area contributed by atoms with Gasteiger partial charge >= 0.3 is 6.03 Å². The predicted molar refractivity (Wildman–Crippen MR) is 129 cm³/mol. The van der Waals surface area contributed by atoms with E-state index in [-0.39, 0.29) is 30.6 Å². The molecule has 0 aliphatic carbocycles. The van der Waals surface area contributed by atoms with Gasteiger partial charge in [-0.15, -0.1) is 0 Å². The van der Waals surface area contributed by atoms with Crippen molar-refractivity contribution in [3.8, 4) is 0 Å². The van der Waals surface area contributed by atoms with E-state index in [0.717, 1.165) is 5.56 Å². The number of nitrogens with two attached hydrogens (primary N) is 2. The molecule has 4 amide bonds. The highest BCUT2D eigenvalue weighted by Gasteiger charge is 2.31. The zero-order valence-corrected chi connectivity index (χ0v) is 20.5. The maximum atomic E-state index is 13.0. The first kappa shape index (κ1) is 28.8. The van der Waals surface area contributed by atoms with Gasteiger partial charge in [0.25, 0.3) is 0 Å². The van der Waals surface area contributed by atoms with Gasteiger partial charge in [-0.25, -0.2) is 17.9 Å². The Kier molecular flexibility index (Phi) is 11.5. The first-order valence-electron chi connectivity index (χ1n) is 10.9. The van der Waals surface area contributed by atoms with Gasteiger partial charge in [-0.2, -0.15) is 0 Å². The minimum absolute atomic E-state index is 0.0821. The fourth-order valence-electron chi connectivity index (χ4n) is 2.97. The monoisotopic (exact) mass is 497 g/mol. The smallest absolute Gasteiger partial charge is 0.312 e. The number of benzene rings is 1. The highest BCUT2D eigenvalue weighted by molar-refractivity contribution is 7.89. The van der Waals surface area contributed by atoms with Crippen molar-refractivity contribution >= 4 is 33.7 Å². The lowest BCUT2D eigenvalue weighted by atomic mass is 9.99. The van der Waals surface area contributed by atoms with Crippen LogP contribution >= 0.6 is 0 Å². The lowest BCUT2D eigenvalue weighted by molar-refractivity contribution is -0.130. The van der Waals surface area contributed by atoms with Gasteiger partial charge in [0.05, 0.1) is 5.75 Å². The molecule has 0 saturated carbocycles. The topological polar surface area (TPSA) is 209 Å². The number of primary amides is 1. The Morgan fingerprint density at radius 1 is 1.03 bits per heavy atom. The summed E-state index contributed by atoms with van der Waals surface area (Å²) in [4.78, 5) is 36.9. The van der Waals surface area contributed by atoms with Gasteiger partial charge < -0.3 is 27.4 Å². The molecule has 1 unspecified atom stereocenters. The van der Waals surface area contributed by atoms with Crippen molar-refractivity contribution in [2.24, 2.45) is 17.4 Å². The van der Waals surface area contributed by atoms with Crippen LogP contribution in [0.2, 0.25) is 0 Å². The summed E-state index contributed by atoms with van der Waals surface area (Å²) in [5, 5.41) is 14.9. The zero-order chi connectivity index (χ0) is 25.9. The van der Waals surface area contributed by atoms with Gasteiger partial charge in [-0.1, -0.05) is 51.5 Å². The van der Waals surface area contributed by atoms with Gasteiger partial charge in [0, 0.05) is 18.7 Å². The number of nitrogens with one attached hydrogen (secondary N) is 5. The Balaban J connectivity index is 2.96. The van der Waals surface area contributed by atoms with Crippen molar-refractivity contribution in [1.82, 2.24) is 20.7 Å². The van der Waals surface area contributed by atoms with Crippen LogP contribution in [0, 0.1) is 11.3 Å². The van der Waals surface area contributed by atoms with Crippen LogP contribution in [0.4, 0.5) is 4.79 Å². The highest BCUT2D eigenvalue weighted by atomic mass is 32.2. The molecule has 190 valence electrons. The van der Waals surface area contributed by atoms with Crippen molar-refractivity contribution < 1.29 is 22.8 Å². The third-order valence-electron chi connectivity index (χ3n) is 5.12. The summed E-state index contributed by atoms with van der Waals surface area (Å²) in [6.45, 7) is 5.07. The SMILES string of the molecule is CCCS(=O)(=O)N[C@@H](C(=O)N[C@@H](CNC(N)=O)C(=O)NCc1ccc(C(=N)N)cc1)C(C)CC. The number of rotatable bonds is 14. The van der Waals surface area contributed by atoms with Crippen molar-refractivity contribution in [3.05, 3.63) is 35.4 Å². The fraction of sp³-hybridized carbons (Fsp3) is 0.524. The van der Waals surface area contributed by atoms with E-state index in [1.54, 1.807) is 38.1 Å². The molecule has 0 aliphatic rings. The third-order valence-corrected chi connectivity index (χ3v) is 6.68. The summed E-state index contributed by atoms with van der Waals surface area (Å²) in [7, 11) is -3.69. The average molecular weight is 498 g/mol. The summed E-state index contributed by atoms with van der Waals surface area (Å²) in [6.07, 6.45) is 0.893. The van der Waals surface area contributed by atoms with Crippen molar-refractivity contribution in [3.63, 3.8) is 0 Å². The second-order valence-electron chi connectivity index (χ2n) is 7.93. The van der Waals surface area contributed by atoms with Gasteiger partial charge in [0.2, 0.25) is 21.8 Å². The zero-order valence-electron chi connectivity index (χ0n) is 19.7.